The summed E-state index contributed by atoms with van der Waals surface area (Å²) in [4.78, 5) is 35.9. The van der Waals surface area contributed by atoms with Crippen molar-refractivity contribution in [3.63, 3.8) is 0 Å². The van der Waals surface area contributed by atoms with Crippen LogP contribution in [0.1, 0.15) is 13.3 Å². The Bertz CT molecular complexity index is 529. The quantitative estimate of drug-likeness (QED) is 0.790. The Labute approximate surface area is 116 Å². The molecule has 106 valence electrons. The van der Waals surface area contributed by atoms with Gasteiger partial charge in [-0.1, -0.05) is 18.2 Å². The molecule has 0 spiro atoms. The van der Waals surface area contributed by atoms with Gasteiger partial charge in [0.25, 0.3) is 0 Å². The Morgan fingerprint density at radius 1 is 1.35 bits per heavy atom. The summed E-state index contributed by atoms with van der Waals surface area (Å²) in [5.41, 5.74) is 0.778. The van der Waals surface area contributed by atoms with Crippen molar-refractivity contribution in [2.45, 2.75) is 19.4 Å². The standard InChI is InChI=1S/C14H16N2O4/c1-9(14(19)20)13(18)15-10-7-12(17)16(8-10)11-5-3-2-4-6-11/h2-6,9-10H,7-8H2,1H3,(H,15,18)(H,19,20)/t9-,10+/m0/s1. The van der Waals surface area contributed by atoms with Gasteiger partial charge in [0.1, 0.15) is 5.92 Å². The Kier molecular flexibility index (Phi) is 4.02. The molecule has 1 aliphatic heterocycles. The summed E-state index contributed by atoms with van der Waals surface area (Å²) in [6.07, 6.45) is 0.187. The molecule has 1 aliphatic rings. The van der Waals surface area contributed by atoms with E-state index in [1.54, 1.807) is 4.90 Å². The van der Waals surface area contributed by atoms with E-state index in [1.807, 2.05) is 30.3 Å². The van der Waals surface area contributed by atoms with Gasteiger partial charge in [0.15, 0.2) is 0 Å². The van der Waals surface area contributed by atoms with Gasteiger partial charge in [0.05, 0.1) is 6.04 Å². The lowest BCUT2D eigenvalue weighted by Gasteiger charge is -2.17. The third-order valence-electron chi connectivity index (χ3n) is 3.30. The molecule has 0 unspecified atom stereocenters. The minimum atomic E-state index is -1.17. The zero-order valence-corrected chi connectivity index (χ0v) is 11.1. The summed E-state index contributed by atoms with van der Waals surface area (Å²) in [5, 5.41) is 11.4. The number of hydrogen-bond acceptors (Lipinski definition) is 3. The summed E-state index contributed by atoms with van der Waals surface area (Å²) in [6.45, 7) is 1.68. The van der Waals surface area contributed by atoms with Crippen LogP contribution >= 0.6 is 0 Å². The topological polar surface area (TPSA) is 86.7 Å². The number of carboxylic acids is 1. The fourth-order valence-corrected chi connectivity index (χ4v) is 2.10. The van der Waals surface area contributed by atoms with E-state index in [4.69, 9.17) is 5.11 Å². The Morgan fingerprint density at radius 3 is 2.60 bits per heavy atom. The molecule has 1 fully saturated rings. The van der Waals surface area contributed by atoms with Gasteiger partial charge in [0, 0.05) is 18.7 Å². The van der Waals surface area contributed by atoms with Gasteiger partial charge in [-0.15, -0.1) is 0 Å². The minimum Gasteiger partial charge on any atom is -0.481 e. The molecule has 1 aromatic rings. The van der Waals surface area contributed by atoms with Crippen molar-refractivity contribution in [2.75, 3.05) is 11.4 Å². The maximum absolute atomic E-state index is 11.9. The summed E-state index contributed by atoms with van der Waals surface area (Å²) >= 11 is 0. The number of carbonyl (C=O) groups excluding carboxylic acids is 2. The van der Waals surface area contributed by atoms with Crippen LogP contribution in [0.5, 0.6) is 0 Å². The number of para-hydroxylation sites is 1. The number of amides is 2. The summed E-state index contributed by atoms with van der Waals surface area (Å²) in [7, 11) is 0. The lowest BCUT2D eigenvalue weighted by Crippen LogP contribution is -2.41. The molecule has 1 saturated heterocycles. The highest BCUT2D eigenvalue weighted by Crippen LogP contribution is 2.21. The molecule has 6 nitrogen and oxygen atoms in total. The highest BCUT2D eigenvalue weighted by atomic mass is 16.4. The normalized spacial score (nSPS) is 19.8. The monoisotopic (exact) mass is 276 g/mol. The first-order chi connectivity index (χ1) is 9.49. The maximum Gasteiger partial charge on any atom is 0.315 e. The van der Waals surface area contributed by atoms with Crippen molar-refractivity contribution in [1.29, 1.82) is 0 Å². The van der Waals surface area contributed by atoms with Crippen LogP contribution < -0.4 is 10.2 Å². The number of carbonyl (C=O) groups is 3. The van der Waals surface area contributed by atoms with E-state index in [-0.39, 0.29) is 18.4 Å². The van der Waals surface area contributed by atoms with Crippen LogP contribution in [-0.2, 0) is 14.4 Å². The first kappa shape index (κ1) is 14.0. The van der Waals surface area contributed by atoms with Crippen molar-refractivity contribution in [1.82, 2.24) is 5.32 Å². The van der Waals surface area contributed by atoms with Crippen LogP contribution in [0.25, 0.3) is 0 Å². The second-order valence-electron chi connectivity index (χ2n) is 4.81. The molecule has 2 N–H and O–H groups in total. The van der Waals surface area contributed by atoms with E-state index in [2.05, 4.69) is 5.32 Å². The van der Waals surface area contributed by atoms with Gasteiger partial charge < -0.3 is 15.3 Å². The molecule has 0 bridgehead atoms. The number of nitrogens with zero attached hydrogens (tertiary/aromatic N) is 1. The molecule has 20 heavy (non-hydrogen) atoms. The molecule has 6 heteroatoms. The molecule has 2 rings (SSSR count). The molecule has 0 aliphatic carbocycles. The number of carboxylic acid groups (broad SMARTS) is 1. The third kappa shape index (κ3) is 2.96. The van der Waals surface area contributed by atoms with E-state index < -0.39 is 17.8 Å². The number of hydrogen-bond donors (Lipinski definition) is 2. The van der Waals surface area contributed by atoms with Crippen LogP contribution in [0.3, 0.4) is 0 Å². The highest BCUT2D eigenvalue weighted by molar-refractivity contribution is 5.99. The molecular weight excluding hydrogens is 260 g/mol. The molecule has 0 radical (unpaired) electrons. The van der Waals surface area contributed by atoms with E-state index in [9.17, 15) is 14.4 Å². The predicted molar refractivity (Wildman–Crippen MR) is 72.1 cm³/mol. The molecule has 1 aromatic carbocycles. The third-order valence-corrected chi connectivity index (χ3v) is 3.30. The molecule has 0 aromatic heterocycles. The van der Waals surface area contributed by atoms with Crippen molar-refractivity contribution < 1.29 is 19.5 Å². The molecule has 2 amide bonds. The average molecular weight is 276 g/mol. The fraction of sp³-hybridized carbons (Fsp3) is 0.357. The zero-order chi connectivity index (χ0) is 14.7. The predicted octanol–water partition coefficient (Wildman–Crippen LogP) is 0.629. The van der Waals surface area contributed by atoms with E-state index in [0.29, 0.717) is 6.54 Å². The SMILES string of the molecule is C[C@H](C(=O)O)C(=O)N[C@@H]1CC(=O)N(c2ccccc2)C1. The minimum absolute atomic E-state index is 0.0792. The second kappa shape index (κ2) is 5.73. The lowest BCUT2D eigenvalue weighted by molar-refractivity contribution is -0.146. The summed E-state index contributed by atoms with van der Waals surface area (Å²) < 4.78 is 0. The molecule has 1 heterocycles. The number of benzene rings is 1. The molecular formula is C14H16N2O4. The van der Waals surface area contributed by atoms with Crippen LogP contribution in [0.15, 0.2) is 30.3 Å². The number of rotatable bonds is 4. The van der Waals surface area contributed by atoms with E-state index >= 15 is 0 Å². The summed E-state index contributed by atoms with van der Waals surface area (Å²) in [5.74, 6) is -2.93. The van der Waals surface area contributed by atoms with Crippen molar-refractivity contribution in [3.8, 4) is 0 Å². The Hall–Kier alpha value is -2.37. The number of nitrogens with one attached hydrogen (secondary N) is 1. The largest absolute Gasteiger partial charge is 0.481 e. The highest BCUT2D eigenvalue weighted by Gasteiger charge is 2.33. The van der Waals surface area contributed by atoms with Crippen molar-refractivity contribution in [2.24, 2.45) is 5.92 Å². The zero-order valence-electron chi connectivity index (χ0n) is 11.1. The van der Waals surface area contributed by atoms with Gasteiger partial charge in [-0.2, -0.15) is 0 Å². The average Bonchev–Trinajstić information content (AvgIpc) is 2.79. The van der Waals surface area contributed by atoms with Crippen LogP contribution in [-0.4, -0.2) is 35.5 Å². The Balaban J connectivity index is 1.99. The first-order valence-electron chi connectivity index (χ1n) is 6.37. The molecule has 2 atom stereocenters. The molecule has 0 saturated carbocycles. The Morgan fingerprint density at radius 2 is 2.00 bits per heavy atom. The summed E-state index contributed by atoms with van der Waals surface area (Å²) in [6, 6.07) is 8.82. The smallest absolute Gasteiger partial charge is 0.315 e. The van der Waals surface area contributed by atoms with E-state index in [1.165, 1.54) is 6.92 Å². The number of anilines is 1. The lowest BCUT2D eigenvalue weighted by atomic mass is 10.1. The van der Waals surface area contributed by atoms with Gasteiger partial charge in [-0.3, -0.25) is 14.4 Å². The van der Waals surface area contributed by atoms with Crippen LogP contribution in [0, 0.1) is 5.92 Å². The number of aliphatic carboxylic acids is 1. The van der Waals surface area contributed by atoms with Crippen molar-refractivity contribution >= 4 is 23.5 Å². The van der Waals surface area contributed by atoms with Gasteiger partial charge in [-0.25, -0.2) is 0 Å². The maximum atomic E-state index is 11.9. The fourth-order valence-electron chi connectivity index (χ4n) is 2.10. The van der Waals surface area contributed by atoms with Gasteiger partial charge >= 0.3 is 5.97 Å². The second-order valence-corrected chi connectivity index (χ2v) is 4.81. The van der Waals surface area contributed by atoms with Gasteiger partial charge in [-0.05, 0) is 19.1 Å². The van der Waals surface area contributed by atoms with E-state index in [0.717, 1.165) is 5.69 Å². The van der Waals surface area contributed by atoms with Crippen LogP contribution in [0.2, 0.25) is 0 Å². The van der Waals surface area contributed by atoms with Gasteiger partial charge in [0.2, 0.25) is 11.8 Å². The van der Waals surface area contributed by atoms with Crippen LogP contribution in [0.4, 0.5) is 5.69 Å². The van der Waals surface area contributed by atoms with Crippen molar-refractivity contribution in [3.05, 3.63) is 30.3 Å². The first-order valence-corrected chi connectivity index (χ1v) is 6.37.